The second-order valence-corrected chi connectivity index (χ2v) is 5.35. The SMILES string of the molecule is CC(C)(c1ccc(O)cc1Cl)C1(N)CC1. The van der Waals surface area contributed by atoms with Crippen LogP contribution in [0.1, 0.15) is 32.3 Å². The lowest BCUT2D eigenvalue weighted by atomic mass is 9.76. The largest absolute Gasteiger partial charge is 0.508 e. The van der Waals surface area contributed by atoms with Gasteiger partial charge in [0.05, 0.1) is 0 Å². The molecular weight excluding hydrogens is 210 g/mol. The van der Waals surface area contributed by atoms with Crippen molar-refractivity contribution >= 4 is 11.6 Å². The molecule has 1 aromatic carbocycles. The molecule has 0 bridgehead atoms. The van der Waals surface area contributed by atoms with Crippen LogP contribution in [0.5, 0.6) is 5.75 Å². The van der Waals surface area contributed by atoms with Gasteiger partial charge in [0.1, 0.15) is 5.75 Å². The second kappa shape index (κ2) is 3.13. The van der Waals surface area contributed by atoms with E-state index in [0.717, 1.165) is 18.4 Å². The molecule has 3 N–H and O–H groups in total. The average molecular weight is 226 g/mol. The molecule has 1 aromatic rings. The lowest BCUT2D eigenvalue weighted by Crippen LogP contribution is -2.43. The predicted octanol–water partition coefficient (Wildman–Crippen LogP) is 2.81. The van der Waals surface area contributed by atoms with Crippen LogP contribution >= 0.6 is 11.6 Å². The van der Waals surface area contributed by atoms with Crippen molar-refractivity contribution in [3.05, 3.63) is 28.8 Å². The van der Waals surface area contributed by atoms with Crippen molar-refractivity contribution in [2.75, 3.05) is 0 Å². The van der Waals surface area contributed by atoms with E-state index < -0.39 is 0 Å². The van der Waals surface area contributed by atoms with Gasteiger partial charge in [-0.2, -0.15) is 0 Å². The summed E-state index contributed by atoms with van der Waals surface area (Å²) in [5.74, 6) is 0.196. The standard InChI is InChI=1S/C12H16ClNO/c1-11(2,12(14)5-6-12)9-4-3-8(15)7-10(9)13/h3-4,7,15H,5-6,14H2,1-2H3. The Bertz CT molecular complexity index is 397. The smallest absolute Gasteiger partial charge is 0.117 e. The third-order valence-corrected chi connectivity index (χ3v) is 3.97. The van der Waals surface area contributed by atoms with Crippen LogP contribution in [0.4, 0.5) is 0 Å². The quantitative estimate of drug-likeness (QED) is 0.813. The lowest BCUT2D eigenvalue weighted by Gasteiger charge is -2.33. The molecule has 82 valence electrons. The molecule has 0 spiro atoms. The summed E-state index contributed by atoms with van der Waals surface area (Å²) in [6, 6.07) is 5.10. The van der Waals surface area contributed by atoms with E-state index in [0.29, 0.717) is 5.02 Å². The van der Waals surface area contributed by atoms with E-state index in [1.165, 1.54) is 0 Å². The van der Waals surface area contributed by atoms with E-state index in [9.17, 15) is 5.11 Å². The van der Waals surface area contributed by atoms with E-state index >= 15 is 0 Å². The van der Waals surface area contributed by atoms with Gasteiger partial charge >= 0.3 is 0 Å². The molecule has 0 radical (unpaired) electrons. The van der Waals surface area contributed by atoms with Gasteiger partial charge < -0.3 is 10.8 Å². The van der Waals surface area contributed by atoms with Crippen LogP contribution < -0.4 is 5.73 Å². The number of benzene rings is 1. The highest BCUT2D eigenvalue weighted by Gasteiger charge is 2.52. The van der Waals surface area contributed by atoms with Gasteiger partial charge in [-0.15, -0.1) is 0 Å². The van der Waals surface area contributed by atoms with Gasteiger partial charge in [0.2, 0.25) is 0 Å². The van der Waals surface area contributed by atoms with E-state index in [1.54, 1.807) is 12.1 Å². The Hall–Kier alpha value is -0.730. The number of halogens is 1. The number of phenols is 1. The van der Waals surface area contributed by atoms with Crippen LogP contribution in [0.2, 0.25) is 5.02 Å². The first-order valence-corrected chi connectivity index (χ1v) is 5.52. The van der Waals surface area contributed by atoms with Gasteiger partial charge in [-0.05, 0) is 30.5 Å². The number of hydrogen-bond donors (Lipinski definition) is 2. The maximum absolute atomic E-state index is 9.31. The van der Waals surface area contributed by atoms with E-state index in [2.05, 4.69) is 13.8 Å². The average Bonchev–Trinajstić information content (AvgIpc) is 2.84. The minimum atomic E-state index is -0.141. The zero-order valence-electron chi connectivity index (χ0n) is 9.05. The topological polar surface area (TPSA) is 46.2 Å². The molecule has 0 amide bonds. The summed E-state index contributed by atoms with van der Waals surface area (Å²) < 4.78 is 0. The first kappa shape index (κ1) is 10.8. The molecule has 0 heterocycles. The number of nitrogens with two attached hydrogens (primary N) is 1. The predicted molar refractivity (Wildman–Crippen MR) is 62.3 cm³/mol. The normalized spacial score (nSPS) is 18.9. The highest BCUT2D eigenvalue weighted by Crippen LogP contribution is 2.50. The Morgan fingerprint density at radius 1 is 1.40 bits per heavy atom. The molecule has 2 nitrogen and oxygen atoms in total. The van der Waals surface area contributed by atoms with Gasteiger partial charge in [0.15, 0.2) is 0 Å². The molecule has 0 saturated heterocycles. The highest BCUT2D eigenvalue weighted by atomic mass is 35.5. The van der Waals surface area contributed by atoms with Crippen molar-refractivity contribution in [2.45, 2.75) is 37.6 Å². The first-order chi connectivity index (χ1) is 6.87. The van der Waals surface area contributed by atoms with Crippen LogP contribution in [0.3, 0.4) is 0 Å². The summed E-state index contributed by atoms with van der Waals surface area (Å²) in [4.78, 5) is 0. The van der Waals surface area contributed by atoms with Gasteiger partial charge in [-0.25, -0.2) is 0 Å². The van der Waals surface area contributed by atoms with Crippen LogP contribution in [0, 0.1) is 0 Å². The van der Waals surface area contributed by atoms with Crippen molar-refractivity contribution in [1.82, 2.24) is 0 Å². The van der Waals surface area contributed by atoms with Crippen molar-refractivity contribution in [1.29, 1.82) is 0 Å². The van der Waals surface area contributed by atoms with Crippen LogP contribution in [0.25, 0.3) is 0 Å². The van der Waals surface area contributed by atoms with Crippen molar-refractivity contribution in [2.24, 2.45) is 5.73 Å². The van der Waals surface area contributed by atoms with Gasteiger partial charge in [0, 0.05) is 16.0 Å². The Kier molecular flexibility index (Phi) is 2.25. The molecule has 0 unspecified atom stereocenters. The number of phenolic OH excluding ortho intramolecular Hbond substituents is 1. The summed E-state index contributed by atoms with van der Waals surface area (Å²) in [6.45, 7) is 4.22. The van der Waals surface area contributed by atoms with Crippen LogP contribution in [0.15, 0.2) is 18.2 Å². The zero-order valence-corrected chi connectivity index (χ0v) is 9.80. The number of rotatable bonds is 2. The maximum Gasteiger partial charge on any atom is 0.117 e. The Morgan fingerprint density at radius 2 is 2.00 bits per heavy atom. The summed E-state index contributed by atoms with van der Waals surface area (Å²) >= 11 is 6.13. The molecule has 0 aromatic heterocycles. The summed E-state index contributed by atoms with van der Waals surface area (Å²) in [5, 5.41) is 9.90. The molecule has 1 saturated carbocycles. The zero-order chi connectivity index (χ0) is 11.3. The molecule has 1 aliphatic carbocycles. The second-order valence-electron chi connectivity index (χ2n) is 4.95. The number of hydrogen-bond acceptors (Lipinski definition) is 2. The van der Waals surface area contributed by atoms with Crippen molar-refractivity contribution in [3.8, 4) is 5.75 Å². The highest BCUT2D eigenvalue weighted by molar-refractivity contribution is 6.31. The number of aromatic hydroxyl groups is 1. The molecule has 1 aliphatic rings. The molecule has 15 heavy (non-hydrogen) atoms. The molecule has 0 atom stereocenters. The van der Waals surface area contributed by atoms with Gasteiger partial charge in [-0.3, -0.25) is 0 Å². The third-order valence-electron chi connectivity index (χ3n) is 3.66. The molecule has 0 aliphatic heterocycles. The monoisotopic (exact) mass is 225 g/mol. The Morgan fingerprint density at radius 3 is 2.47 bits per heavy atom. The van der Waals surface area contributed by atoms with E-state index in [4.69, 9.17) is 17.3 Å². The Labute approximate surface area is 95.1 Å². The minimum absolute atomic E-state index is 0.131. The van der Waals surface area contributed by atoms with Crippen LogP contribution in [-0.4, -0.2) is 10.6 Å². The molecule has 1 fully saturated rings. The van der Waals surface area contributed by atoms with Crippen molar-refractivity contribution < 1.29 is 5.11 Å². The fourth-order valence-corrected chi connectivity index (χ4v) is 2.45. The van der Waals surface area contributed by atoms with Gasteiger partial charge in [0.25, 0.3) is 0 Å². The summed E-state index contributed by atoms with van der Waals surface area (Å²) in [5.41, 5.74) is 6.99. The van der Waals surface area contributed by atoms with Gasteiger partial charge in [-0.1, -0.05) is 31.5 Å². The third kappa shape index (κ3) is 1.62. The summed E-state index contributed by atoms with van der Waals surface area (Å²) in [7, 11) is 0. The molecule has 3 heteroatoms. The summed E-state index contributed by atoms with van der Waals surface area (Å²) in [6.07, 6.45) is 2.08. The lowest BCUT2D eigenvalue weighted by molar-refractivity contribution is 0.390. The fraction of sp³-hybridized carbons (Fsp3) is 0.500. The fourth-order valence-electron chi connectivity index (χ4n) is 2.04. The van der Waals surface area contributed by atoms with Crippen molar-refractivity contribution in [3.63, 3.8) is 0 Å². The minimum Gasteiger partial charge on any atom is -0.508 e. The Balaban J connectivity index is 2.45. The van der Waals surface area contributed by atoms with E-state index in [-0.39, 0.29) is 16.7 Å². The molecular formula is C12H16ClNO. The van der Waals surface area contributed by atoms with Crippen LogP contribution in [-0.2, 0) is 5.41 Å². The maximum atomic E-state index is 9.31. The first-order valence-electron chi connectivity index (χ1n) is 5.15. The molecule has 2 rings (SSSR count). The van der Waals surface area contributed by atoms with E-state index in [1.807, 2.05) is 6.07 Å².